The predicted octanol–water partition coefficient (Wildman–Crippen LogP) is 4.32. The van der Waals surface area contributed by atoms with Crippen LogP contribution in [0.1, 0.15) is 33.6 Å². The van der Waals surface area contributed by atoms with Crippen LogP contribution in [0.3, 0.4) is 0 Å². The Morgan fingerprint density at radius 2 is 1.90 bits per heavy atom. The van der Waals surface area contributed by atoms with Gasteiger partial charge in [0.05, 0.1) is 0 Å². The van der Waals surface area contributed by atoms with Crippen LogP contribution in [0.15, 0.2) is 67.0 Å². The van der Waals surface area contributed by atoms with Crippen LogP contribution in [-0.2, 0) is 13.1 Å². The summed E-state index contributed by atoms with van der Waals surface area (Å²) in [6.07, 6.45) is 4.55. The van der Waals surface area contributed by atoms with Gasteiger partial charge in [-0.1, -0.05) is 30.3 Å². The Bertz CT molecular complexity index is 1110. The van der Waals surface area contributed by atoms with Gasteiger partial charge in [-0.25, -0.2) is 0 Å². The second kappa shape index (κ2) is 8.35. The molecule has 0 saturated heterocycles. The lowest BCUT2D eigenvalue weighted by atomic mass is 10.1. The molecule has 4 aromatic rings. The van der Waals surface area contributed by atoms with Crippen LogP contribution >= 0.6 is 0 Å². The maximum Gasteiger partial charge on any atom is 0.251 e. The lowest BCUT2D eigenvalue weighted by Gasteiger charge is -2.09. The van der Waals surface area contributed by atoms with Crippen molar-refractivity contribution in [2.45, 2.75) is 33.4 Å². The van der Waals surface area contributed by atoms with E-state index >= 15 is 0 Å². The third-order valence-corrected chi connectivity index (χ3v) is 5.49. The van der Waals surface area contributed by atoms with Crippen molar-refractivity contribution in [2.75, 3.05) is 6.54 Å². The summed E-state index contributed by atoms with van der Waals surface area (Å²) in [5, 5.41) is 8.34. The van der Waals surface area contributed by atoms with Gasteiger partial charge >= 0.3 is 0 Å². The van der Waals surface area contributed by atoms with Crippen LogP contribution in [0.4, 0.5) is 0 Å². The van der Waals surface area contributed by atoms with Crippen LogP contribution < -0.4 is 5.32 Å². The molecular weight excluding hydrogens is 360 g/mol. The summed E-state index contributed by atoms with van der Waals surface area (Å²) in [7, 11) is 0. The van der Waals surface area contributed by atoms with Gasteiger partial charge < -0.3 is 9.88 Å². The van der Waals surface area contributed by atoms with Crippen molar-refractivity contribution in [1.29, 1.82) is 0 Å². The number of amides is 1. The molecule has 4 rings (SSSR count). The fourth-order valence-electron chi connectivity index (χ4n) is 3.74. The van der Waals surface area contributed by atoms with Crippen LogP contribution in [0.5, 0.6) is 0 Å². The van der Waals surface area contributed by atoms with Gasteiger partial charge in [-0.3, -0.25) is 9.48 Å². The number of aromatic nitrogens is 3. The van der Waals surface area contributed by atoms with E-state index in [-0.39, 0.29) is 5.91 Å². The summed E-state index contributed by atoms with van der Waals surface area (Å²) in [5.74, 6) is -0.0276. The molecule has 5 nitrogen and oxygen atoms in total. The molecule has 29 heavy (non-hydrogen) atoms. The van der Waals surface area contributed by atoms with E-state index in [1.54, 1.807) is 6.20 Å². The summed E-state index contributed by atoms with van der Waals surface area (Å²) in [6, 6.07) is 18.4. The first kappa shape index (κ1) is 19.0. The van der Waals surface area contributed by atoms with Gasteiger partial charge in [0.25, 0.3) is 5.91 Å². The molecule has 0 aliphatic carbocycles. The number of fused-ring (bicyclic) bond motifs is 1. The standard InChI is InChI=1S/C24H26N4O/c1-18-19(2)28(17-20-8-4-3-5-9-20)23-11-10-21(16-22(18)23)24(29)25-12-6-14-27-15-7-13-26-27/h3-5,7-11,13,15-16H,6,12,14,17H2,1-2H3,(H,25,29). The number of rotatable bonds is 7. The molecule has 148 valence electrons. The molecule has 1 amide bonds. The van der Waals surface area contributed by atoms with Crippen LogP contribution in [0.2, 0.25) is 0 Å². The van der Waals surface area contributed by atoms with Crippen molar-refractivity contribution in [2.24, 2.45) is 0 Å². The summed E-state index contributed by atoms with van der Waals surface area (Å²) < 4.78 is 4.20. The van der Waals surface area contributed by atoms with E-state index in [4.69, 9.17) is 0 Å². The molecule has 0 aliphatic rings. The van der Waals surface area contributed by atoms with E-state index in [0.29, 0.717) is 12.1 Å². The van der Waals surface area contributed by atoms with Crippen molar-refractivity contribution in [3.8, 4) is 0 Å². The minimum Gasteiger partial charge on any atom is -0.352 e. The van der Waals surface area contributed by atoms with E-state index in [1.165, 1.54) is 22.3 Å². The molecular formula is C24H26N4O. The van der Waals surface area contributed by atoms with Crippen molar-refractivity contribution in [3.63, 3.8) is 0 Å². The second-order valence-corrected chi connectivity index (χ2v) is 7.39. The van der Waals surface area contributed by atoms with Crippen molar-refractivity contribution in [1.82, 2.24) is 19.7 Å². The topological polar surface area (TPSA) is 51.9 Å². The summed E-state index contributed by atoms with van der Waals surface area (Å²) in [6.45, 7) is 6.53. The Morgan fingerprint density at radius 1 is 1.07 bits per heavy atom. The van der Waals surface area contributed by atoms with Gasteiger partial charge in [0, 0.05) is 54.2 Å². The third-order valence-electron chi connectivity index (χ3n) is 5.49. The number of benzene rings is 2. The number of aryl methyl sites for hydroxylation is 2. The average molecular weight is 386 g/mol. The molecule has 0 radical (unpaired) electrons. The van der Waals surface area contributed by atoms with E-state index in [2.05, 4.69) is 59.2 Å². The largest absolute Gasteiger partial charge is 0.352 e. The Morgan fingerprint density at radius 3 is 2.66 bits per heavy atom. The van der Waals surface area contributed by atoms with Gasteiger partial charge in [-0.05, 0) is 55.7 Å². The minimum absolute atomic E-state index is 0.0276. The van der Waals surface area contributed by atoms with E-state index in [0.717, 1.165) is 24.9 Å². The summed E-state index contributed by atoms with van der Waals surface area (Å²) in [4.78, 5) is 12.6. The zero-order valence-corrected chi connectivity index (χ0v) is 16.9. The Kier molecular flexibility index (Phi) is 5.47. The highest BCUT2D eigenvalue weighted by Crippen LogP contribution is 2.27. The number of hydrogen-bond acceptors (Lipinski definition) is 2. The molecule has 5 heteroatoms. The molecule has 2 aromatic heterocycles. The first-order chi connectivity index (χ1) is 14.1. The molecule has 2 aromatic carbocycles. The quantitative estimate of drug-likeness (QED) is 0.481. The number of carbonyl (C=O) groups is 1. The maximum atomic E-state index is 12.6. The highest BCUT2D eigenvalue weighted by atomic mass is 16.1. The van der Waals surface area contributed by atoms with Crippen molar-refractivity contribution < 1.29 is 4.79 Å². The van der Waals surface area contributed by atoms with Crippen LogP contribution in [0, 0.1) is 13.8 Å². The van der Waals surface area contributed by atoms with Crippen LogP contribution in [-0.4, -0.2) is 26.8 Å². The van der Waals surface area contributed by atoms with Gasteiger partial charge in [0.1, 0.15) is 0 Å². The van der Waals surface area contributed by atoms with Gasteiger partial charge in [0.2, 0.25) is 0 Å². The number of nitrogens with one attached hydrogen (secondary N) is 1. The van der Waals surface area contributed by atoms with Crippen molar-refractivity contribution in [3.05, 3.63) is 89.4 Å². The van der Waals surface area contributed by atoms with Gasteiger partial charge in [-0.2, -0.15) is 5.10 Å². The SMILES string of the molecule is Cc1c(C)n(Cc2ccccc2)c2ccc(C(=O)NCCCn3cccn3)cc12. The lowest BCUT2D eigenvalue weighted by Crippen LogP contribution is -2.25. The number of nitrogens with zero attached hydrogens (tertiary/aromatic N) is 3. The highest BCUT2D eigenvalue weighted by molar-refractivity contribution is 5.99. The molecule has 0 bridgehead atoms. The Hall–Kier alpha value is -3.34. The zero-order valence-electron chi connectivity index (χ0n) is 16.9. The molecule has 0 spiro atoms. The van der Waals surface area contributed by atoms with E-state index in [9.17, 15) is 4.79 Å². The fourth-order valence-corrected chi connectivity index (χ4v) is 3.74. The number of carbonyl (C=O) groups excluding carboxylic acids is 1. The lowest BCUT2D eigenvalue weighted by molar-refractivity contribution is 0.0952. The smallest absolute Gasteiger partial charge is 0.251 e. The maximum absolute atomic E-state index is 12.6. The van der Waals surface area contributed by atoms with Gasteiger partial charge in [-0.15, -0.1) is 0 Å². The third kappa shape index (κ3) is 4.09. The highest BCUT2D eigenvalue weighted by Gasteiger charge is 2.14. The fraction of sp³-hybridized carbons (Fsp3) is 0.250. The first-order valence-corrected chi connectivity index (χ1v) is 10.0. The van der Waals surface area contributed by atoms with E-state index < -0.39 is 0 Å². The average Bonchev–Trinajstić information content (AvgIpc) is 3.35. The molecule has 1 N–H and O–H groups in total. The second-order valence-electron chi connectivity index (χ2n) is 7.39. The van der Waals surface area contributed by atoms with E-state index in [1.807, 2.05) is 35.1 Å². The first-order valence-electron chi connectivity index (χ1n) is 10.0. The zero-order chi connectivity index (χ0) is 20.2. The molecule has 0 fully saturated rings. The summed E-state index contributed by atoms with van der Waals surface area (Å²) >= 11 is 0. The Balaban J connectivity index is 1.48. The molecule has 0 atom stereocenters. The molecule has 2 heterocycles. The van der Waals surface area contributed by atoms with Crippen molar-refractivity contribution >= 4 is 16.8 Å². The molecule has 0 saturated carbocycles. The summed E-state index contributed by atoms with van der Waals surface area (Å²) in [5.41, 5.74) is 5.60. The Labute approximate surface area is 171 Å². The molecule has 0 unspecified atom stereocenters. The molecule has 0 aliphatic heterocycles. The monoisotopic (exact) mass is 386 g/mol. The predicted molar refractivity (Wildman–Crippen MR) is 116 cm³/mol. The van der Waals surface area contributed by atoms with Gasteiger partial charge in [0.15, 0.2) is 0 Å². The number of hydrogen-bond donors (Lipinski definition) is 1. The minimum atomic E-state index is -0.0276. The normalized spacial score (nSPS) is 11.1. The van der Waals surface area contributed by atoms with Crippen LogP contribution in [0.25, 0.3) is 10.9 Å².